The molecule has 0 atom stereocenters. The van der Waals surface area contributed by atoms with Crippen LogP contribution in [0.15, 0.2) is 6.33 Å². The number of aryl methyl sites for hydroxylation is 1. The van der Waals surface area contributed by atoms with Crippen LogP contribution in [0.1, 0.15) is 31.4 Å². The van der Waals surface area contributed by atoms with Crippen LogP contribution < -0.4 is 0 Å². The zero-order valence-electron chi connectivity index (χ0n) is 8.24. The molecule has 0 radical (unpaired) electrons. The van der Waals surface area contributed by atoms with Gasteiger partial charge in [-0.3, -0.25) is 4.68 Å². The molecule has 0 N–H and O–H groups in total. The van der Waals surface area contributed by atoms with E-state index in [0.717, 1.165) is 0 Å². The molecule has 1 aromatic heterocycles. The van der Waals surface area contributed by atoms with Crippen LogP contribution in [0.2, 0.25) is 0 Å². The summed E-state index contributed by atoms with van der Waals surface area (Å²) >= 11 is 0. The minimum atomic E-state index is -0.504. The highest BCUT2D eigenvalue weighted by Gasteiger charge is 2.20. The molecular formula is C8H13N3O2. The number of hydrogen-bond acceptors (Lipinski definition) is 4. The SMILES string of the molecule is Cn1cnc(C(=O)OC(C)(C)C)n1. The maximum Gasteiger partial charge on any atom is 0.378 e. The van der Waals surface area contributed by atoms with E-state index in [-0.39, 0.29) is 5.82 Å². The van der Waals surface area contributed by atoms with E-state index in [1.54, 1.807) is 27.8 Å². The van der Waals surface area contributed by atoms with Crippen molar-refractivity contribution in [2.45, 2.75) is 26.4 Å². The quantitative estimate of drug-likeness (QED) is 0.603. The molecule has 1 heterocycles. The van der Waals surface area contributed by atoms with E-state index in [2.05, 4.69) is 10.1 Å². The van der Waals surface area contributed by atoms with Gasteiger partial charge >= 0.3 is 5.97 Å². The van der Waals surface area contributed by atoms with Gasteiger partial charge in [0, 0.05) is 7.05 Å². The van der Waals surface area contributed by atoms with Gasteiger partial charge in [-0.25, -0.2) is 9.78 Å². The van der Waals surface area contributed by atoms with Crippen LogP contribution in [0.3, 0.4) is 0 Å². The maximum absolute atomic E-state index is 11.3. The molecule has 0 unspecified atom stereocenters. The fourth-order valence-corrected chi connectivity index (χ4v) is 0.757. The molecule has 1 rings (SSSR count). The summed E-state index contributed by atoms with van der Waals surface area (Å²) in [4.78, 5) is 15.1. The smallest absolute Gasteiger partial charge is 0.378 e. The summed E-state index contributed by atoms with van der Waals surface area (Å²) in [5, 5.41) is 3.83. The van der Waals surface area contributed by atoms with Gasteiger partial charge in [0.2, 0.25) is 0 Å². The summed E-state index contributed by atoms with van der Waals surface area (Å²) < 4.78 is 6.52. The Labute approximate surface area is 76.7 Å². The minimum absolute atomic E-state index is 0.0948. The second-order valence-electron chi connectivity index (χ2n) is 3.74. The highest BCUT2D eigenvalue weighted by Crippen LogP contribution is 2.09. The van der Waals surface area contributed by atoms with Gasteiger partial charge in [-0.1, -0.05) is 0 Å². The Hall–Kier alpha value is -1.39. The normalized spacial score (nSPS) is 11.4. The Balaban J connectivity index is 2.70. The molecule has 0 amide bonds. The Kier molecular flexibility index (Phi) is 2.36. The first-order valence-electron chi connectivity index (χ1n) is 3.97. The molecule has 0 saturated carbocycles. The third-order valence-electron chi connectivity index (χ3n) is 1.18. The maximum atomic E-state index is 11.3. The van der Waals surface area contributed by atoms with Crippen LogP contribution in [-0.4, -0.2) is 26.3 Å². The summed E-state index contributed by atoms with van der Waals surface area (Å²) in [6.07, 6.45) is 1.46. The molecule has 0 spiro atoms. The first-order valence-corrected chi connectivity index (χ1v) is 3.97. The van der Waals surface area contributed by atoms with Crippen molar-refractivity contribution in [1.82, 2.24) is 14.8 Å². The molecule has 0 aliphatic heterocycles. The molecule has 1 aromatic rings. The van der Waals surface area contributed by atoms with E-state index in [1.165, 1.54) is 11.0 Å². The van der Waals surface area contributed by atoms with E-state index in [9.17, 15) is 4.79 Å². The zero-order valence-corrected chi connectivity index (χ0v) is 8.24. The number of ether oxygens (including phenoxy) is 1. The topological polar surface area (TPSA) is 57.0 Å². The molecule has 0 aliphatic carbocycles. The molecule has 0 bridgehead atoms. The molecule has 5 heteroatoms. The number of nitrogens with zero attached hydrogens (tertiary/aromatic N) is 3. The molecule has 0 fully saturated rings. The van der Waals surface area contributed by atoms with Gasteiger partial charge in [-0.2, -0.15) is 0 Å². The van der Waals surface area contributed by atoms with Crippen molar-refractivity contribution in [3.8, 4) is 0 Å². The van der Waals surface area contributed by atoms with Crippen molar-refractivity contribution in [3.05, 3.63) is 12.2 Å². The summed E-state index contributed by atoms with van der Waals surface area (Å²) in [5.41, 5.74) is -0.504. The Morgan fingerprint density at radius 3 is 2.54 bits per heavy atom. The van der Waals surface area contributed by atoms with Gasteiger partial charge in [-0.15, -0.1) is 5.10 Å². The molecular weight excluding hydrogens is 170 g/mol. The van der Waals surface area contributed by atoms with E-state index in [4.69, 9.17) is 4.74 Å². The Morgan fingerprint density at radius 1 is 1.54 bits per heavy atom. The fourth-order valence-electron chi connectivity index (χ4n) is 0.757. The number of carbonyl (C=O) groups excluding carboxylic acids is 1. The molecule has 0 saturated heterocycles. The van der Waals surface area contributed by atoms with Crippen molar-refractivity contribution in [1.29, 1.82) is 0 Å². The van der Waals surface area contributed by atoms with E-state index >= 15 is 0 Å². The summed E-state index contributed by atoms with van der Waals surface area (Å²) in [6, 6.07) is 0. The van der Waals surface area contributed by atoms with Crippen LogP contribution in [-0.2, 0) is 11.8 Å². The predicted molar refractivity (Wildman–Crippen MR) is 46.2 cm³/mol. The number of hydrogen-bond donors (Lipinski definition) is 0. The Morgan fingerprint density at radius 2 is 2.15 bits per heavy atom. The molecule has 13 heavy (non-hydrogen) atoms. The van der Waals surface area contributed by atoms with Gasteiger partial charge in [0.25, 0.3) is 5.82 Å². The first kappa shape index (κ1) is 9.70. The van der Waals surface area contributed by atoms with Crippen LogP contribution in [0, 0.1) is 0 Å². The zero-order chi connectivity index (χ0) is 10.1. The standard InChI is InChI=1S/C8H13N3O2/c1-8(2,3)13-7(12)6-9-5-11(4)10-6/h5H,1-4H3. The monoisotopic (exact) mass is 183 g/mol. The van der Waals surface area contributed by atoms with Gasteiger partial charge in [0.1, 0.15) is 11.9 Å². The lowest BCUT2D eigenvalue weighted by Gasteiger charge is -2.17. The largest absolute Gasteiger partial charge is 0.454 e. The number of esters is 1. The average molecular weight is 183 g/mol. The second-order valence-corrected chi connectivity index (χ2v) is 3.74. The van der Waals surface area contributed by atoms with Crippen LogP contribution in [0.5, 0.6) is 0 Å². The van der Waals surface area contributed by atoms with Crippen LogP contribution in [0.25, 0.3) is 0 Å². The highest BCUT2D eigenvalue weighted by molar-refractivity contribution is 5.85. The van der Waals surface area contributed by atoms with Gasteiger partial charge in [0.15, 0.2) is 0 Å². The number of aromatic nitrogens is 3. The lowest BCUT2D eigenvalue weighted by Crippen LogP contribution is -2.24. The van der Waals surface area contributed by atoms with Crippen LogP contribution in [0.4, 0.5) is 0 Å². The minimum Gasteiger partial charge on any atom is -0.454 e. The van der Waals surface area contributed by atoms with Crippen molar-refractivity contribution in [2.24, 2.45) is 7.05 Å². The fraction of sp³-hybridized carbons (Fsp3) is 0.625. The van der Waals surface area contributed by atoms with E-state index in [0.29, 0.717) is 0 Å². The van der Waals surface area contributed by atoms with E-state index < -0.39 is 11.6 Å². The predicted octanol–water partition coefficient (Wildman–Crippen LogP) is 0.770. The third-order valence-corrected chi connectivity index (χ3v) is 1.18. The lowest BCUT2D eigenvalue weighted by atomic mass is 10.2. The van der Waals surface area contributed by atoms with Crippen molar-refractivity contribution >= 4 is 5.97 Å². The summed E-state index contributed by atoms with van der Waals surface area (Å²) in [7, 11) is 1.70. The highest BCUT2D eigenvalue weighted by atomic mass is 16.6. The van der Waals surface area contributed by atoms with Crippen molar-refractivity contribution in [3.63, 3.8) is 0 Å². The van der Waals surface area contributed by atoms with Crippen molar-refractivity contribution in [2.75, 3.05) is 0 Å². The second kappa shape index (κ2) is 3.16. The van der Waals surface area contributed by atoms with Gasteiger partial charge in [0.05, 0.1) is 0 Å². The van der Waals surface area contributed by atoms with Crippen LogP contribution >= 0.6 is 0 Å². The average Bonchev–Trinajstić information content (AvgIpc) is 2.31. The third kappa shape index (κ3) is 2.85. The molecule has 0 aromatic carbocycles. The van der Waals surface area contributed by atoms with Gasteiger partial charge in [-0.05, 0) is 20.8 Å². The van der Waals surface area contributed by atoms with Gasteiger partial charge < -0.3 is 4.74 Å². The molecule has 0 aliphatic rings. The Bertz CT molecular complexity index is 311. The molecule has 72 valence electrons. The van der Waals surface area contributed by atoms with E-state index in [1.807, 2.05) is 0 Å². The molecule has 5 nitrogen and oxygen atoms in total. The van der Waals surface area contributed by atoms with Crippen molar-refractivity contribution < 1.29 is 9.53 Å². The lowest BCUT2D eigenvalue weighted by molar-refractivity contribution is 0.00555. The number of carbonyl (C=O) groups is 1. The first-order chi connectivity index (χ1) is 5.88. The summed E-state index contributed by atoms with van der Waals surface area (Å²) in [6.45, 7) is 5.40. The summed E-state index contributed by atoms with van der Waals surface area (Å²) in [5.74, 6) is -0.398. The number of rotatable bonds is 1.